The Morgan fingerprint density at radius 1 is 1.00 bits per heavy atom. The molecule has 0 atom stereocenters. The molecule has 3 rings (SSSR count). The molecule has 3 amide bonds. The topological polar surface area (TPSA) is 79.0 Å². The Labute approximate surface area is 157 Å². The second kappa shape index (κ2) is 8.35. The van der Waals surface area contributed by atoms with Gasteiger partial charge in [0.15, 0.2) is 0 Å². The van der Waals surface area contributed by atoms with E-state index in [9.17, 15) is 14.4 Å². The molecule has 0 aliphatic carbocycles. The fraction of sp³-hybridized carbons (Fsp3) is 0.250. The molecule has 1 aliphatic rings. The number of ether oxygens (including phenoxy) is 1. The SMILES string of the molecule is CC(=O)Nc1cccc(C(=O)N2CCCN2C(=O)OCc2ccccc2)c1. The number of amides is 3. The Balaban J connectivity index is 1.67. The number of benzene rings is 2. The van der Waals surface area contributed by atoms with Gasteiger partial charge in [0.05, 0.1) is 0 Å². The number of nitrogens with one attached hydrogen (secondary N) is 1. The van der Waals surface area contributed by atoms with Crippen LogP contribution in [0, 0.1) is 0 Å². The molecule has 0 aromatic heterocycles. The highest BCUT2D eigenvalue weighted by atomic mass is 16.6. The number of carbonyl (C=O) groups is 3. The van der Waals surface area contributed by atoms with Crippen LogP contribution in [0.4, 0.5) is 10.5 Å². The van der Waals surface area contributed by atoms with Crippen molar-refractivity contribution in [2.75, 3.05) is 18.4 Å². The third kappa shape index (κ3) is 4.63. The fourth-order valence-electron chi connectivity index (χ4n) is 2.89. The molecular weight excluding hydrogens is 346 g/mol. The average molecular weight is 367 g/mol. The quantitative estimate of drug-likeness (QED) is 0.901. The Kier molecular flexibility index (Phi) is 5.71. The van der Waals surface area contributed by atoms with E-state index in [1.54, 1.807) is 24.3 Å². The highest BCUT2D eigenvalue weighted by Crippen LogP contribution is 2.19. The minimum absolute atomic E-state index is 0.149. The standard InChI is InChI=1S/C20H21N3O4/c1-15(24)21-18-10-5-9-17(13-18)19(25)22-11-6-12-23(22)20(26)27-14-16-7-3-2-4-8-16/h2-5,7-10,13H,6,11-12,14H2,1H3,(H,21,24). The van der Waals surface area contributed by atoms with Crippen LogP contribution in [-0.2, 0) is 16.1 Å². The summed E-state index contributed by atoms with van der Waals surface area (Å²) in [6, 6.07) is 16.0. The minimum atomic E-state index is -0.553. The minimum Gasteiger partial charge on any atom is -0.443 e. The van der Waals surface area contributed by atoms with Crippen LogP contribution in [0.25, 0.3) is 0 Å². The van der Waals surface area contributed by atoms with E-state index in [0.29, 0.717) is 30.8 Å². The van der Waals surface area contributed by atoms with Gasteiger partial charge >= 0.3 is 6.09 Å². The molecule has 2 aromatic rings. The molecule has 1 aliphatic heterocycles. The van der Waals surface area contributed by atoms with E-state index < -0.39 is 6.09 Å². The molecule has 0 saturated carbocycles. The lowest BCUT2D eigenvalue weighted by molar-refractivity contribution is -0.114. The van der Waals surface area contributed by atoms with Crippen molar-refractivity contribution in [1.82, 2.24) is 10.0 Å². The van der Waals surface area contributed by atoms with Crippen LogP contribution in [0.3, 0.4) is 0 Å². The van der Waals surface area contributed by atoms with E-state index in [1.807, 2.05) is 30.3 Å². The van der Waals surface area contributed by atoms with Gasteiger partial charge in [-0.2, -0.15) is 0 Å². The predicted molar refractivity (Wildman–Crippen MR) is 99.7 cm³/mol. The van der Waals surface area contributed by atoms with Gasteiger partial charge in [0.2, 0.25) is 5.91 Å². The first kappa shape index (κ1) is 18.4. The van der Waals surface area contributed by atoms with Crippen LogP contribution in [0.5, 0.6) is 0 Å². The molecule has 1 N–H and O–H groups in total. The number of hydrogen-bond donors (Lipinski definition) is 1. The second-order valence-electron chi connectivity index (χ2n) is 6.21. The molecule has 140 valence electrons. The third-order valence-corrected chi connectivity index (χ3v) is 4.11. The van der Waals surface area contributed by atoms with Crippen LogP contribution in [0.1, 0.15) is 29.3 Å². The Bertz CT molecular complexity index is 838. The highest BCUT2D eigenvalue weighted by molar-refractivity contribution is 5.97. The normalized spacial score (nSPS) is 13.4. The number of hydrazine groups is 1. The van der Waals surface area contributed by atoms with Gasteiger partial charge in [-0.05, 0) is 30.2 Å². The summed E-state index contributed by atoms with van der Waals surface area (Å²) in [6.45, 7) is 2.41. The molecule has 0 bridgehead atoms. The molecule has 0 unspecified atom stereocenters. The van der Waals surface area contributed by atoms with Crippen LogP contribution in [0.15, 0.2) is 54.6 Å². The number of rotatable bonds is 4. The van der Waals surface area contributed by atoms with Crippen LogP contribution in [-0.4, -0.2) is 41.0 Å². The molecule has 0 spiro atoms. The second-order valence-corrected chi connectivity index (χ2v) is 6.21. The van der Waals surface area contributed by atoms with Gasteiger partial charge in [0, 0.05) is 31.3 Å². The predicted octanol–water partition coefficient (Wildman–Crippen LogP) is 3.04. The number of hydrogen-bond acceptors (Lipinski definition) is 4. The van der Waals surface area contributed by atoms with Crippen molar-refractivity contribution in [1.29, 1.82) is 0 Å². The maximum absolute atomic E-state index is 12.8. The number of anilines is 1. The molecule has 2 aromatic carbocycles. The van der Waals surface area contributed by atoms with Gasteiger partial charge in [-0.3, -0.25) is 9.59 Å². The zero-order valence-corrected chi connectivity index (χ0v) is 15.1. The molecule has 7 heteroatoms. The first-order chi connectivity index (χ1) is 13.0. The third-order valence-electron chi connectivity index (χ3n) is 4.11. The molecule has 1 heterocycles. The van der Waals surface area contributed by atoms with Crippen molar-refractivity contribution in [2.45, 2.75) is 20.0 Å². The smallest absolute Gasteiger partial charge is 0.429 e. The van der Waals surface area contributed by atoms with Crippen molar-refractivity contribution < 1.29 is 19.1 Å². The summed E-state index contributed by atoms with van der Waals surface area (Å²) in [7, 11) is 0. The van der Waals surface area contributed by atoms with E-state index in [4.69, 9.17) is 4.74 Å². The van der Waals surface area contributed by atoms with Gasteiger partial charge in [0.25, 0.3) is 5.91 Å². The number of carbonyl (C=O) groups excluding carboxylic acids is 3. The largest absolute Gasteiger partial charge is 0.443 e. The Morgan fingerprint density at radius 2 is 1.74 bits per heavy atom. The van der Waals surface area contributed by atoms with E-state index in [2.05, 4.69) is 5.32 Å². The van der Waals surface area contributed by atoms with Crippen LogP contribution < -0.4 is 5.32 Å². The molecule has 1 saturated heterocycles. The molecule has 0 radical (unpaired) electrons. The number of nitrogens with zero attached hydrogens (tertiary/aromatic N) is 2. The Hall–Kier alpha value is -3.35. The van der Waals surface area contributed by atoms with Gasteiger partial charge in [-0.15, -0.1) is 0 Å². The fourth-order valence-corrected chi connectivity index (χ4v) is 2.89. The van der Waals surface area contributed by atoms with Gasteiger partial charge in [-0.25, -0.2) is 14.8 Å². The summed E-state index contributed by atoms with van der Waals surface area (Å²) in [5.74, 6) is -0.525. The van der Waals surface area contributed by atoms with Crippen molar-refractivity contribution in [3.63, 3.8) is 0 Å². The molecule has 7 nitrogen and oxygen atoms in total. The van der Waals surface area contributed by atoms with Crippen LogP contribution in [0.2, 0.25) is 0 Å². The van der Waals surface area contributed by atoms with Gasteiger partial charge < -0.3 is 10.1 Å². The summed E-state index contributed by atoms with van der Waals surface area (Å²) in [5, 5.41) is 5.37. The van der Waals surface area contributed by atoms with E-state index in [0.717, 1.165) is 5.56 Å². The van der Waals surface area contributed by atoms with Gasteiger partial charge in [0.1, 0.15) is 6.61 Å². The summed E-state index contributed by atoms with van der Waals surface area (Å²) >= 11 is 0. The maximum Gasteiger partial charge on any atom is 0.429 e. The van der Waals surface area contributed by atoms with Gasteiger partial charge in [-0.1, -0.05) is 36.4 Å². The molecular formula is C20H21N3O4. The monoisotopic (exact) mass is 367 g/mol. The van der Waals surface area contributed by atoms with Crippen molar-refractivity contribution in [3.8, 4) is 0 Å². The Morgan fingerprint density at radius 3 is 2.48 bits per heavy atom. The van der Waals surface area contributed by atoms with Crippen molar-refractivity contribution in [3.05, 3.63) is 65.7 Å². The van der Waals surface area contributed by atoms with Crippen molar-refractivity contribution >= 4 is 23.6 Å². The summed E-state index contributed by atoms with van der Waals surface area (Å²) < 4.78 is 5.34. The molecule has 1 fully saturated rings. The first-order valence-electron chi connectivity index (χ1n) is 8.72. The lowest BCUT2D eigenvalue weighted by Crippen LogP contribution is -2.45. The van der Waals surface area contributed by atoms with E-state index in [1.165, 1.54) is 16.9 Å². The lowest BCUT2D eigenvalue weighted by Gasteiger charge is -2.27. The average Bonchev–Trinajstić information content (AvgIpc) is 3.16. The van der Waals surface area contributed by atoms with Crippen molar-refractivity contribution in [2.24, 2.45) is 0 Å². The molecule has 27 heavy (non-hydrogen) atoms. The first-order valence-corrected chi connectivity index (χ1v) is 8.72. The summed E-state index contributed by atoms with van der Waals surface area (Å²) in [6.07, 6.45) is 0.125. The summed E-state index contributed by atoms with van der Waals surface area (Å²) in [5.41, 5.74) is 1.81. The highest BCUT2D eigenvalue weighted by Gasteiger charge is 2.32. The van der Waals surface area contributed by atoms with E-state index in [-0.39, 0.29) is 18.4 Å². The zero-order valence-electron chi connectivity index (χ0n) is 15.1. The van der Waals surface area contributed by atoms with E-state index >= 15 is 0 Å². The maximum atomic E-state index is 12.8. The van der Waals surface area contributed by atoms with Crippen LogP contribution >= 0.6 is 0 Å². The zero-order chi connectivity index (χ0) is 19.2. The summed E-state index contributed by atoms with van der Waals surface area (Å²) in [4.78, 5) is 36.5. The lowest BCUT2D eigenvalue weighted by atomic mass is 10.2.